The van der Waals surface area contributed by atoms with Crippen LogP contribution in [-0.4, -0.2) is 11.8 Å². The van der Waals surface area contributed by atoms with Gasteiger partial charge in [0.1, 0.15) is 0 Å². The summed E-state index contributed by atoms with van der Waals surface area (Å²) in [5.74, 6) is 0.154. The molecule has 0 saturated carbocycles. The molecule has 8 heteroatoms. The number of alkyl halides is 3. The molecule has 0 atom stereocenters. The van der Waals surface area contributed by atoms with Gasteiger partial charge in [-0.1, -0.05) is 24.2 Å². The number of rotatable bonds is 4. The van der Waals surface area contributed by atoms with Crippen molar-refractivity contribution in [3.8, 4) is 0 Å². The topological polar surface area (TPSA) is 46.3 Å². The maximum absolute atomic E-state index is 12.6. The highest BCUT2D eigenvalue weighted by Gasteiger charge is 2.31. The second kappa shape index (κ2) is 6.21. The van der Waals surface area contributed by atoms with Gasteiger partial charge < -0.3 is 5.73 Å². The number of nitrogens with zero attached hydrogens (tertiary/aromatic N) is 1. The average molecular weight is 311 g/mol. The molecule has 0 aromatic heterocycles. The van der Waals surface area contributed by atoms with Gasteiger partial charge in [-0.2, -0.15) is 13.2 Å². The normalized spacial score (nSPS) is 11.2. The fraction of sp³-hybridized carbons (Fsp3) is 0.182. The molecule has 0 aliphatic heterocycles. The van der Waals surface area contributed by atoms with Crippen molar-refractivity contribution < 1.29 is 18.0 Å². The third-order valence-corrected chi connectivity index (χ3v) is 3.38. The van der Waals surface area contributed by atoms with E-state index in [1.807, 2.05) is 0 Å². The quantitative estimate of drug-likeness (QED) is 0.855. The van der Waals surface area contributed by atoms with E-state index in [1.165, 1.54) is 12.1 Å². The molecule has 1 aromatic rings. The highest BCUT2D eigenvalue weighted by Crippen LogP contribution is 2.33. The second-order valence-corrected chi connectivity index (χ2v) is 4.92. The lowest BCUT2D eigenvalue weighted by atomic mass is 10.2. The number of amides is 2. The first-order valence-corrected chi connectivity index (χ1v) is 6.27. The van der Waals surface area contributed by atoms with Crippen LogP contribution in [0.25, 0.3) is 0 Å². The van der Waals surface area contributed by atoms with Crippen molar-refractivity contribution in [1.29, 1.82) is 0 Å². The van der Waals surface area contributed by atoms with Crippen molar-refractivity contribution >= 4 is 35.3 Å². The Balaban J connectivity index is 3.03. The molecule has 2 amide bonds. The van der Waals surface area contributed by atoms with Gasteiger partial charge in [-0.05, 0) is 30.1 Å². The SMILES string of the molecule is C=C(Cl)CSN(C(N)=O)c1cccc(C(F)(F)F)c1. The molecule has 0 aliphatic rings. The Morgan fingerprint density at radius 3 is 2.58 bits per heavy atom. The maximum atomic E-state index is 12.6. The standard InChI is InChI=1S/C11H10ClF3N2OS/c1-7(12)6-19-17(10(16)18)9-4-2-3-8(5-9)11(13,14)15/h2-5H,1,6H2,(H2,16,18). The molecule has 1 aromatic carbocycles. The van der Waals surface area contributed by atoms with Gasteiger partial charge in [0.2, 0.25) is 0 Å². The van der Waals surface area contributed by atoms with Crippen LogP contribution in [0, 0.1) is 0 Å². The molecule has 0 aliphatic carbocycles. The summed E-state index contributed by atoms with van der Waals surface area (Å²) in [4.78, 5) is 11.2. The molecule has 0 heterocycles. The lowest BCUT2D eigenvalue weighted by Gasteiger charge is -2.19. The largest absolute Gasteiger partial charge is 0.416 e. The highest BCUT2D eigenvalue weighted by molar-refractivity contribution is 8.01. The first-order chi connectivity index (χ1) is 8.71. The molecule has 0 radical (unpaired) electrons. The third kappa shape index (κ3) is 4.68. The van der Waals surface area contributed by atoms with E-state index in [4.69, 9.17) is 17.3 Å². The zero-order valence-corrected chi connectivity index (χ0v) is 11.1. The number of benzene rings is 1. The molecule has 2 N–H and O–H groups in total. The molecule has 0 bridgehead atoms. The van der Waals surface area contributed by atoms with Crippen LogP contribution >= 0.6 is 23.5 Å². The van der Waals surface area contributed by atoms with E-state index >= 15 is 0 Å². The van der Waals surface area contributed by atoms with Crippen LogP contribution in [0.15, 0.2) is 35.9 Å². The Hall–Kier alpha value is -1.34. The highest BCUT2D eigenvalue weighted by atomic mass is 35.5. The van der Waals surface area contributed by atoms with Crippen molar-refractivity contribution in [3.63, 3.8) is 0 Å². The number of hydrogen-bond acceptors (Lipinski definition) is 2. The summed E-state index contributed by atoms with van der Waals surface area (Å²) in [5.41, 5.74) is 4.30. The van der Waals surface area contributed by atoms with Gasteiger partial charge in [0.05, 0.1) is 11.3 Å². The first kappa shape index (κ1) is 15.7. The molecule has 0 spiro atoms. The van der Waals surface area contributed by atoms with Gasteiger partial charge in [0.15, 0.2) is 0 Å². The summed E-state index contributed by atoms with van der Waals surface area (Å²) in [7, 11) is 0. The fourth-order valence-electron chi connectivity index (χ4n) is 1.21. The summed E-state index contributed by atoms with van der Waals surface area (Å²) >= 11 is 6.41. The lowest BCUT2D eigenvalue weighted by Crippen LogP contribution is -2.30. The molecule has 104 valence electrons. The zero-order valence-electron chi connectivity index (χ0n) is 9.58. The number of primary amides is 1. The number of halogens is 4. The monoisotopic (exact) mass is 310 g/mol. The van der Waals surface area contributed by atoms with Crippen molar-refractivity contribution in [1.82, 2.24) is 0 Å². The Bertz CT molecular complexity index is 493. The van der Waals surface area contributed by atoms with Gasteiger partial charge >= 0.3 is 12.2 Å². The van der Waals surface area contributed by atoms with E-state index in [9.17, 15) is 18.0 Å². The molecule has 3 nitrogen and oxygen atoms in total. The van der Waals surface area contributed by atoms with Crippen LogP contribution in [-0.2, 0) is 6.18 Å². The van der Waals surface area contributed by atoms with Crippen LogP contribution in [0.1, 0.15) is 5.56 Å². The number of carbonyl (C=O) groups excluding carboxylic acids is 1. The minimum atomic E-state index is -4.49. The van der Waals surface area contributed by atoms with E-state index in [-0.39, 0.29) is 16.5 Å². The van der Waals surface area contributed by atoms with E-state index in [1.54, 1.807) is 0 Å². The number of hydrogen-bond donors (Lipinski definition) is 1. The van der Waals surface area contributed by atoms with Crippen molar-refractivity contribution in [2.24, 2.45) is 5.73 Å². The van der Waals surface area contributed by atoms with Crippen molar-refractivity contribution in [2.45, 2.75) is 6.18 Å². The van der Waals surface area contributed by atoms with Crippen LogP contribution in [0.4, 0.5) is 23.7 Å². The Kier molecular flexibility index (Phi) is 5.13. The zero-order chi connectivity index (χ0) is 14.6. The minimum Gasteiger partial charge on any atom is -0.350 e. The number of urea groups is 1. The van der Waals surface area contributed by atoms with Crippen molar-refractivity contribution in [2.75, 3.05) is 10.1 Å². The molecule has 1 rings (SSSR count). The van der Waals surface area contributed by atoms with E-state index in [0.717, 1.165) is 28.4 Å². The number of anilines is 1. The van der Waals surface area contributed by atoms with Gasteiger partial charge in [-0.3, -0.25) is 0 Å². The predicted octanol–water partition coefficient (Wildman–Crippen LogP) is 3.99. The number of carbonyl (C=O) groups is 1. The van der Waals surface area contributed by atoms with E-state index in [0.29, 0.717) is 0 Å². The molecular weight excluding hydrogens is 301 g/mol. The third-order valence-electron chi connectivity index (χ3n) is 1.96. The smallest absolute Gasteiger partial charge is 0.350 e. The van der Waals surface area contributed by atoms with Gasteiger partial charge in [-0.25, -0.2) is 9.10 Å². The summed E-state index contributed by atoms with van der Waals surface area (Å²) in [6.45, 7) is 3.42. The molecule has 19 heavy (non-hydrogen) atoms. The second-order valence-electron chi connectivity index (χ2n) is 3.47. The number of nitrogens with two attached hydrogens (primary N) is 1. The Morgan fingerprint density at radius 1 is 1.47 bits per heavy atom. The minimum absolute atomic E-state index is 0.0326. The first-order valence-electron chi connectivity index (χ1n) is 4.95. The lowest BCUT2D eigenvalue weighted by molar-refractivity contribution is -0.137. The van der Waals surface area contributed by atoms with Crippen LogP contribution in [0.2, 0.25) is 0 Å². The van der Waals surface area contributed by atoms with Gasteiger partial charge in [-0.15, -0.1) is 0 Å². The van der Waals surface area contributed by atoms with Crippen LogP contribution < -0.4 is 10.0 Å². The Morgan fingerprint density at radius 2 is 2.11 bits per heavy atom. The molecule has 0 saturated heterocycles. The maximum Gasteiger partial charge on any atom is 0.416 e. The van der Waals surface area contributed by atoms with Crippen molar-refractivity contribution in [3.05, 3.63) is 41.4 Å². The predicted molar refractivity (Wildman–Crippen MR) is 71.0 cm³/mol. The van der Waals surface area contributed by atoms with Crippen LogP contribution in [0.5, 0.6) is 0 Å². The van der Waals surface area contributed by atoms with Gasteiger partial charge in [0.25, 0.3) is 0 Å². The molecular formula is C11H10ClF3N2OS. The summed E-state index contributed by atoms with van der Waals surface area (Å²) in [6, 6.07) is 3.42. The Labute approximate surface area is 117 Å². The van der Waals surface area contributed by atoms with Gasteiger partial charge in [0, 0.05) is 10.8 Å². The van der Waals surface area contributed by atoms with Crippen LogP contribution in [0.3, 0.4) is 0 Å². The summed E-state index contributed by atoms with van der Waals surface area (Å²) < 4.78 is 38.6. The molecule has 0 unspecified atom stereocenters. The summed E-state index contributed by atoms with van der Waals surface area (Å²) in [5, 5.41) is 0.253. The average Bonchev–Trinajstić information content (AvgIpc) is 2.27. The van der Waals surface area contributed by atoms with E-state index < -0.39 is 17.8 Å². The summed E-state index contributed by atoms with van der Waals surface area (Å²) in [6.07, 6.45) is -4.49. The fourth-order valence-corrected chi connectivity index (χ4v) is 2.01. The molecule has 0 fully saturated rings. The van der Waals surface area contributed by atoms with E-state index in [2.05, 4.69) is 6.58 Å².